The van der Waals surface area contributed by atoms with Crippen LogP contribution in [0.25, 0.3) is 0 Å². The van der Waals surface area contributed by atoms with Crippen LogP contribution >= 0.6 is 0 Å². The maximum Gasteiger partial charge on any atom is 0.335 e. The van der Waals surface area contributed by atoms with Crippen LogP contribution in [-0.4, -0.2) is 24.1 Å². The Morgan fingerprint density at radius 2 is 1.36 bits per heavy atom. The van der Waals surface area contributed by atoms with Crippen LogP contribution in [0.1, 0.15) is 11.1 Å². The first-order valence-corrected chi connectivity index (χ1v) is 10.3. The Morgan fingerprint density at radius 1 is 0.788 bits per heavy atom. The molecule has 1 heterocycles. The molecule has 33 heavy (non-hydrogen) atoms. The van der Waals surface area contributed by atoms with E-state index in [1.54, 1.807) is 55.5 Å². The minimum atomic E-state index is -1.22. The molecule has 1 N–H and O–H groups in total. The second-order valence-corrected chi connectivity index (χ2v) is 7.56. The highest BCUT2D eigenvalue weighted by molar-refractivity contribution is 6.32. The summed E-state index contributed by atoms with van der Waals surface area (Å²) in [6.07, 6.45) is 1.25. The SMILES string of the molecule is Cc1ccc(N=Nc2ccc(N=C[C@H]3C(=O)NC(=O)N(c4ccccc4C)C3=O)cc2)cc1. The van der Waals surface area contributed by atoms with E-state index in [4.69, 9.17) is 0 Å². The van der Waals surface area contributed by atoms with Gasteiger partial charge in [-0.15, -0.1) is 0 Å². The highest BCUT2D eigenvalue weighted by Crippen LogP contribution is 2.25. The Kier molecular flexibility index (Phi) is 6.17. The standard InChI is InChI=1S/C25H21N5O3/c1-16-7-9-19(10-8-16)28-29-20-13-11-18(12-14-20)26-15-21-23(31)27-25(33)30(24(21)32)22-6-4-3-5-17(22)2/h3-15,21H,1-2H3,(H,27,31,33)/t21-/m0/s1. The van der Waals surface area contributed by atoms with E-state index >= 15 is 0 Å². The Balaban J connectivity index is 1.49. The van der Waals surface area contributed by atoms with Gasteiger partial charge in [0.2, 0.25) is 5.91 Å². The minimum Gasteiger partial charge on any atom is -0.276 e. The number of hydrogen-bond donors (Lipinski definition) is 1. The highest BCUT2D eigenvalue weighted by Gasteiger charge is 2.40. The van der Waals surface area contributed by atoms with Crippen LogP contribution in [0, 0.1) is 19.8 Å². The number of aliphatic imine (C=N–C) groups is 1. The number of para-hydroxylation sites is 1. The molecule has 1 saturated heterocycles. The summed E-state index contributed by atoms with van der Waals surface area (Å²) in [4.78, 5) is 42.8. The summed E-state index contributed by atoms with van der Waals surface area (Å²) in [5.74, 6) is -2.57. The molecule has 8 heteroatoms. The van der Waals surface area contributed by atoms with Gasteiger partial charge in [-0.2, -0.15) is 10.2 Å². The fraction of sp³-hybridized carbons (Fsp3) is 0.120. The van der Waals surface area contributed by atoms with E-state index in [1.165, 1.54) is 6.21 Å². The van der Waals surface area contributed by atoms with E-state index in [2.05, 4.69) is 20.5 Å². The van der Waals surface area contributed by atoms with E-state index in [-0.39, 0.29) is 0 Å². The minimum absolute atomic E-state index is 0.425. The van der Waals surface area contributed by atoms with Crippen LogP contribution in [0.2, 0.25) is 0 Å². The summed E-state index contributed by atoms with van der Waals surface area (Å²) in [6, 6.07) is 20.8. The lowest BCUT2D eigenvalue weighted by molar-refractivity contribution is -0.131. The number of rotatable bonds is 5. The lowest BCUT2D eigenvalue weighted by atomic mass is 10.0. The van der Waals surface area contributed by atoms with Crippen LogP contribution in [0.15, 0.2) is 88.0 Å². The topological polar surface area (TPSA) is 104 Å². The van der Waals surface area contributed by atoms with Gasteiger partial charge in [-0.25, -0.2) is 9.69 Å². The molecule has 3 aromatic carbocycles. The van der Waals surface area contributed by atoms with Gasteiger partial charge in [0.25, 0.3) is 5.91 Å². The van der Waals surface area contributed by atoms with Gasteiger partial charge < -0.3 is 0 Å². The van der Waals surface area contributed by atoms with Crippen LogP contribution < -0.4 is 10.2 Å². The summed E-state index contributed by atoms with van der Waals surface area (Å²) < 4.78 is 0. The quantitative estimate of drug-likeness (QED) is 0.330. The number of aryl methyl sites for hydroxylation is 2. The van der Waals surface area contributed by atoms with Crippen molar-refractivity contribution in [3.63, 3.8) is 0 Å². The largest absolute Gasteiger partial charge is 0.335 e. The van der Waals surface area contributed by atoms with Crippen LogP contribution in [0.3, 0.4) is 0 Å². The van der Waals surface area contributed by atoms with Gasteiger partial charge in [-0.3, -0.25) is 19.9 Å². The fourth-order valence-electron chi connectivity index (χ4n) is 3.26. The lowest BCUT2D eigenvalue weighted by Crippen LogP contribution is -2.58. The number of amides is 4. The zero-order chi connectivity index (χ0) is 23.4. The number of nitrogens with zero attached hydrogens (tertiary/aromatic N) is 4. The molecule has 0 aliphatic carbocycles. The molecule has 1 aliphatic rings. The van der Waals surface area contributed by atoms with Crippen molar-refractivity contribution in [2.45, 2.75) is 13.8 Å². The molecule has 0 unspecified atom stereocenters. The van der Waals surface area contributed by atoms with Crippen molar-refractivity contribution < 1.29 is 14.4 Å². The summed E-state index contributed by atoms with van der Waals surface area (Å²) in [5.41, 5.74) is 4.22. The van der Waals surface area contributed by atoms with Gasteiger partial charge in [-0.05, 0) is 61.9 Å². The normalized spacial score (nSPS) is 16.6. The summed E-state index contributed by atoms with van der Waals surface area (Å²) in [5, 5.41) is 10.6. The van der Waals surface area contributed by atoms with E-state index < -0.39 is 23.8 Å². The van der Waals surface area contributed by atoms with Crippen molar-refractivity contribution in [1.29, 1.82) is 0 Å². The Morgan fingerprint density at radius 3 is 2.00 bits per heavy atom. The van der Waals surface area contributed by atoms with E-state index in [1.807, 2.05) is 31.2 Å². The van der Waals surface area contributed by atoms with Gasteiger partial charge in [0, 0.05) is 6.21 Å². The maximum absolute atomic E-state index is 12.9. The van der Waals surface area contributed by atoms with Crippen molar-refractivity contribution >= 4 is 46.8 Å². The van der Waals surface area contributed by atoms with Crippen molar-refractivity contribution in [3.8, 4) is 0 Å². The number of benzene rings is 3. The predicted octanol–water partition coefficient (Wildman–Crippen LogP) is 5.32. The average molecular weight is 439 g/mol. The number of barbiturate groups is 1. The van der Waals surface area contributed by atoms with Gasteiger partial charge in [0.1, 0.15) is 0 Å². The molecule has 1 atom stereocenters. The van der Waals surface area contributed by atoms with Crippen LogP contribution in [-0.2, 0) is 9.59 Å². The first-order valence-electron chi connectivity index (χ1n) is 10.3. The second kappa shape index (κ2) is 9.35. The predicted molar refractivity (Wildman–Crippen MR) is 126 cm³/mol. The molecular formula is C25H21N5O3. The van der Waals surface area contributed by atoms with E-state index in [9.17, 15) is 14.4 Å². The highest BCUT2D eigenvalue weighted by atomic mass is 16.2. The maximum atomic E-state index is 12.9. The number of hydrogen-bond acceptors (Lipinski definition) is 6. The average Bonchev–Trinajstić information content (AvgIpc) is 2.80. The Bertz CT molecular complexity index is 1260. The fourth-order valence-corrected chi connectivity index (χ4v) is 3.26. The molecular weight excluding hydrogens is 418 g/mol. The van der Waals surface area contributed by atoms with Crippen LogP contribution in [0.5, 0.6) is 0 Å². The lowest BCUT2D eigenvalue weighted by Gasteiger charge is -2.29. The van der Waals surface area contributed by atoms with Gasteiger partial charge in [0.05, 0.1) is 22.7 Å². The molecule has 4 rings (SSSR count). The molecule has 0 spiro atoms. The smallest absolute Gasteiger partial charge is 0.276 e. The number of nitrogens with one attached hydrogen (secondary N) is 1. The molecule has 3 aromatic rings. The summed E-state index contributed by atoms with van der Waals surface area (Å²) in [6.45, 7) is 3.79. The molecule has 4 amide bonds. The molecule has 8 nitrogen and oxygen atoms in total. The first kappa shape index (κ1) is 21.8. The second-order valence-electron chi connectivity index (χ2n) is 7.56. The third kappa shape index (κ3) is 4.90. The number of carbonyl (C=O) groups excluding carboxylic acids is 3. The number of azo groups is 1. The molecule has 0 bridgehead atoms. The zero-order valence-corrected chi connectivity index (χ0v) is 18.1. The Labute approximate surface area is 190 Å². The molecule has 1 fully saturated rings. The first-order chi connectivity index (χ1) is 15.9. The number of imide groups is 2. The van der Waals surface area contributed by atoms with Crippen LogP contribution in [0.4, 0.5) is 27.5 Å². The van der Waals surface area contributed by atoms with Crippen molar-refractivity contribution in [1.82, 2.24) is 5.32 Å². The zero-order valence-electron chi connectivity index (χ0n) is 18.1. The van der Waals surface area contributed by atoms with Gasteiger partial charge in [0.15, 0.2) is 5.92 Å². The third-order valence-corrected chi connectivity index (χ3v) is 5.10. The monoisotopic (exact) mass is 439 g/mol. The molecule has 0 radical (unpaired) electrons. The third-order valence-electron chi connectivity index (χ3n) is 5.10. The number of anilines is 1. The molecule has 0 saturated carbocycles. The Hall–Kier alpha value is -4.46. The number of urea groups is 1. The molecule has 164 valence electrons. The summed E-state index contributed by atoms with van der Waals surface area (Å²) in [7, 11) is 0. The summed E-state index contributed by atoms with van der Waals surface area (Å²) >= 11 is 0. The molecule has 0 aromatic heterocycles. The van der Waals surface area contributed by atoms with Gasteiger partial charge in [-0.1, -0.05) is 35.9 Å². The van der Waals surface area contributed by atoms with E-state index in [0.29, 0.717) is 17.1 Å². The molecule has 1 aliphatic heterocycles. The van der Waals surface area contributed by atoms with Gasteiger partial charge >= 0.3 is 6.03 Å². The van der Waals surface area contributed by atoms with E-state index in [0.717, 1.165) is 21.7 Å². The van der Waals surface area contributed by atoms with Crippen molar-refractivity contribution in [3.05, 3.63) is 83.9 Å². The number of carbonyl (C=O) groups is 3. The van der Waals surface area contributed by atoms with Crippen molar-refractivity contribution in [2.24, 2.45) is 21.1 Å². The van der Waals surface area contributed by atoms with Crippen molar-refractivity contribution in [2.75, 3.05) is 4.90 Å².